The van der Waals surface area contributed by atoms with Crippen LogP contribution < -0.4 is 10.6 Å². The number of nitrogens with zero attached hydrogens (tertiary/aromatic N) is 3. The summed E-state index contributed by atoms with van der Waals surface area (Å²) in [5.74, 6) is 0. The zero-order chi connectivity index (χ0) is 15.1. The van der Waals surface area contributed by atoms with E-state index in [1.807, 2.05) is 31.2 Å². The largest absolute Gasteiger partial charge is 0.338 e. The molecule has 0 saturated carbocycles. The van der Waals surface area contributed by atoms with Gasteiger partial charge in [0.15, 0.2) is 0 Å². The van der Waals surface area contributed by atoms with Crippen LogP contribution in [-0.4, -0.2) is 27.3 Å². The van der Waals surface area contributed by atoms with Crippen LogP contribution in [0.4, 0.5) is 4.79 Å². The molecule has 2 N–H and O–H groups in total. The number of halogens is 1. The lowest BCUT2D eigenvalue weighted by Gasteiger charge is -2.16. The molecule has 0 aliphatic carbocycles. The molecule has 0 unspecified atom stereocenters. The Hall–Kier alpha value is -2.08. The lowest BCUT2D eigenvalue weighted by atomic mass is 10.1. The predicted octanol–water partition coefficient (Wildman–Crippen LogP) is 2.38. The summed E-state index contributed by atoms with van der Waals surface area (Å²) in [6.45, 7) is 3.19. The molecule has 1 aromatic heterocycles. The van der Waals surface area contributed by atoms with Crippen LogP contribution in [0.5, 0.6) is 0 Å². The van der Waals surface area contributed by atoms with E-state index in [0.717, 1.165) is 18.5 Å². The third kappa shape index (κ3) is 4.75. The number of carbonyl (C=O) groups excluding carboxylic acids is 1. The van der Waals surface area contributed by atoms with Crippen LogP contribution >= 0.6 is 11.6 Å². The summed E-state index contributed by atoms with van der Waals surface area (Å²) in [4.78, 5) is 15.7. The fraction of sp³-hybridized carbons (Fsp3) is 0.357. The normalized spacial score (nSPS) is 11.9. The lowest BCUT2D eigenvalue weighted by molar-refractivity contribution is 0.237. The van der Waals surface area contributed by atoms with Crippen LogP contribution in [0.2, 0.25) is 5.02 Å². The number of hydrogen-bond donors (Lipinski definition) is 2. The number of benzene rings is 1. The van der Waals surface area contributed by atoms with E-state index in [2.05, 4.69) is 20.7 Å². The molecule has 0 aliphatic rings. The first-order chi connectivity index (χ1) is 10.2. The quantitative estimate of drug-likeness (QED) is 0.805. The van der Waals surface area contributed by atoms with Crippen LogP contribution in [0.3, 0.4) is 0 Å². The Morgan fingerprint density at radius 2 is 2.24 bits per heavy atom. The van der Waals surface area contributed by atoms with Crippen molar-refractivity contribution in [3.05, 3.63) is 47.5 Å². The number of urea groups is 1. The summed E-state index contributed by atoms with van der Waals surface area (Å²) in [6, 6.07) is 7.12. The van der Waals surface area contributed by atoms with Crippen LogP contribution in [0.15, 0.2) is 36.9 Å². The Bertz CT molecular complexity index is 573. The molecule has 0 aliphatic heterocycles. The zero-order valence-corrected chi connectivity index (χ0v) is 12.5. The molecule has 7 heteroatoms. The van der Waals surface area contributed by atoms with Crippen molar-refractivity contribution in [1.29, 1.82) is 0 Å². The van der Waals surface area contributed by atoms with Crippen LogP contribution in [-0.2, 0) is 6.54 Å². The van der Waals surface area contributed by atoms with Crippen molar-refractivity contribution in [3.8, 4) is 0 Å². The standard InChI is InChI=1S/C14H18ClN5O/c1-11(12-5-2-3-6-13(12)15)19-14(21)17-7-4-8-20-10-16-9-18-20/h2-3,5-6,9-11H,4,7-8H2,1H3,(H2,17,19,21)/t11-/m1/s1. The van der Waals surface area contributed by atoms with E-state index >= 15 is 0 Å². The molecule has 0 fully saturated rings. The lowest BCUT2D eigenvalue weighted by Crippen LogP contribution is -2.37. The van der Waals surface area contributed by atoms with Gasteiger partial charge in [0, 0.05) is 18.1 Å². The summed E-state index contributed by atoms with van der Waals surface area (Å²) in [5.41, 5.74) is 0.900. The van der Waals surface area contributed by atoms with Crippen molar-refractivity contribution in [2.24, 2.45) is 0 Å². The molecule has 1 atom stereocenters. The first-order valence-corrected chi connectivity index (χ1v) is 7.16. The summed E-state index contributed by atoms with van der Waals surface area (Å²) in [7, 11) is 0. The van der Waals surface area contributed by atoms with Gasteiger partial charge in [0.2, 0.25) is 0 Å². The van der Waals surface area contributed by atoms with Gasteiger partial charge in [-0.15, -0.1) is 0 Å². The fourth-order valence-corrected chi connectivity index (χ4v) is 2.24. The van der Waals surface area contributed by atoms with E-state index < -0.39 is 0 Å². The molecule has 0 saturated heterocycles. The van der Waals surface area contributed by atoms with Crippen molar-refractivity contribution >= 4 is 17.6 Å². The third-order valence-corrected chi connectivity index (χ3v) is 3.38. The van der Waals surface area contributed by atoms with Crippen LogP contribution in [0.25, 0.3) is 0 Å². The van der Waals surface area contributed by atoms with E-state index in [-0.39, 0.29) is 12.1 Å². The summed E-state index contributed by atoms with van der Waals surface area (Å²) in [5, 5.41) is 10.3. The highest BCUT2D eigenvalue weighted by Crippen LogP contribution is 2.21. The van der Waals surface area contributed by atoms with Gasteiger partial charge < -0.3 is 10.6 Å². The van der Waals surface area contributed by atoms with Crippen molar-refractivity contribution in [2.45, 2.75) is 25.9 Å². The van der Waals surface area contributed by atoms with Gasteiger partial charge in [0.1, 0.15) is 12.7 Å². The van der Waals surface area contributed by atoms with E-state index in [0.29, 0.717) is 11.6 Å². The second-order valence-electron chi connectivity index (χ2n) is 4.66. The average molecular weight is 308 g/mol. The van der Waals surface area contributed by atoms with Crippen LogP contribution in [0, 0.1) is 0 Å². The number of rotatable bonds is 6. The van der Waals surface area contributed by atoms with Gasteiger partial charge in [-0.3, -0.25) is 4.68 Å². The Morgan fingerprint density at radius 1 is 1.43 bits per heavy atom. The Balaban J connectivity index is 1.70. The summed E-state index contributed by atoms with van der Waals surface area (Å²) < 4.78 is 1.73. The van der Waals surface area contributed by atoms with E-state index in [1.165, 1.54) is 6.33 Å². The SMILES string of the molecule is C[C@@H](NC(=O)NCCCn1cncn1)c1ccccc1Cl. The molecule has 6 nitrogen and oxygen atoms in total. The molecule has 0 bridgehead atoms. The molecular weight excluding hydrogens is 290 g/mol. The molecule has 1 aromatic carbocycles. The van der Waals surface area contributed by atoms with Gasteiger partial charge in [-0.1, -0.05) is 29.8 Å². The maximum atomic E-state index is 11.8. The first-order valence-electron chi connectivity index (χ1n) is 6.78. The molecule has 2 amide bonds. The summed E-state index contributed by atoms with van der Waals surface area (Å²) in [6.07, 6.45) is 3.93. The molecule has 0 spiro atoms. The van der Waals surface area contributed by atoms with Crippen molar-refractivity contribution < 1.29 is 4.79 Å². The maximum Gasteiger partial charge on any atom is 0.315 e. The van der Waals surface area contributed by atoms with Gasteiger partial charge in [0.05, 0.1) is 6.04 Å². The van der Waals surface area contributed by atoms with Crippen molar-refractivity contribution in [1.82, 2.24) is 25.4 Å². The van der Waals surface area contributed by atoms with E-state index in [9.17, 15) is 4.79 Å². The molecule has 2 rings (SSSR count). The minimum Gasteiger partial charge on any atom is -0.338 e. The van der Waals surface area contributed by atoms with Gasteiger partial charge in [-0.05, 0) is 25.0 Å². The highest BCUT2D eigenvalue weighted by molar-refractivity contribution is 6.31. The first kappa shape index (κ1) is 15.3. The Kier molecular flexibility index (Phi) is 5.57. The maximum absolute atomic E-state index is 11.8. The van der Waals surface area contributed by atoms with Gasteiger partial charge >= 0.3 is 6.03 Å². The minimum atomic E-state index is -0.207. The average Bonchev–Trinajstić information content (AvgIpc) is 2.97. The second-order valence-corrected chi connectivity index (χ2v) is 5.06. The van der Waals surface area contributed by atoms with Crippen molar-refractivity contribution in [3.63, 3.8) is 0 Å². The van der Waals surface area contributed by atoms with Gasteiger partial charge in [-0.25, -0.2) is 9.78 Å². The number of carbonyl (C=O) groups is 1. The molecule has 2 aromatic rings. The molecule has 21 heavy (non-hydrogen) atoms. The Labute approximate surface area is 128 Å². The zero-order valence-electron chi connectivity index (χ0n) is 11.8. The summed E-state index contributed by atoms with van der Waals surface area (Å²) >= 11 is 6.10. The second kappa shape index (κ2) is 7.64. The van der Waals surface area contributed by atoms with Gasteiger partial charge in [0.25, 0.3) is 0 Å². The van der Waals surface area contributed by atoms with Crippen molar-refractivity contribution in [2.75, 3.05) is 6.54 Å². The number of nitrogens with one attached hydrogen (secondary N) is 2. The number of amides is 2. The van der Waals surface area contributed by atoms with Gasteiger partial charge in [-0.2, -0.15) is 5.10 Å². The molecular formula is C14H18ClN5O. The smallest absolute Gasteiger partial charge is 0.315 e. The highest BCUT2D eigenvalue weighted by atomic mass is 35.5. The molecule has 112 valence electrons. The number of hydrogen-bond acceptors (Lipinski definition) is 3. The number of aromatic nitrogens is 3. The third-order valence-electron chi connectivity index (χ3n) is 3.04. The number of aryl methyl sites for hydroxylation is 1. The minimum absolute atomic E-state index is 0.144. The molecule has 0 radical (unpaired) electrons. The predicted molar refractivity (Wildman–Crippen MR) is 81.0 cm³/mol. The Morgan fingerprint density at radius 3 is 2.95 bits per heavy atom. The van der Waals surface area contributed by atoms with Crippen LogP contribution in [0.1, 0.15) is 24.9 Å². The van der Waals surface area contributed by atoms with E-state index in [4.69, 9.17) is 11.6 Å². The fourth-order valence-electron chi connectivity index (χ4n) is 1.94. The topological polar surface area (TPSA) is 71.8 Å². The highest BCUT2D eigenvalue weighted by Gasteiger charge is 2.11. The van der Waals surface area contributed by atoms with E-state index in [1.54, 1.807) is 11.0 Å². The monoisotopic (exact) mass is 307 g/mol. The molecule has 1 heterocycles.